The second kappa shape index (κ2) is 10.0. The minimum Gasteiger partial charge on any atom is -0.467 e. The Balaban J connectivity index is 1.67. The smallest absolute Gasteiger partial charge is 0.416 e. The summed E-state index contributed by atoms with van der Waals surface area (Å²) in [6, 6.07) is 3.64. The molecule has 0 bridgehead atoms. The van der Waals surface area contributed by atoms with Crippen LogP contribution in [0.4, 0.5) is 13.2 Å². The van der Waals surface area contributed by atoms with Crippen molar-refractivity contribution >= 4 is 21.9 Å². The van der Waals surface area contributed by atoms with Crippen LogP contribution in [0.15, 0.2) is 29.2 Å². The Hall–Kier alpha value is -2.14. The fourth-order valence-electron chi connectivity index (χ4n) is 4.59. The molecule has 1 aliphatic carbocycles. The van der Waals surface area contributed by atoms with Gasteiger partial charge >= 0.3 is 12.1 Å². The van der Waals surface area contributed by atoms with E-state index >= 15 is 0 Å². The molecule has 0 unspecified atom stereocenters. The second-order valence-corrected chi connectivity index (χ2v) is 10.6. The summed E-state index contributed by atoms with van der Waals surface area (Å²) >= 11 is 0. The first kappa shape index (κ1) is 25.5. The Morgan fingerprint density at radius 3 is 2.24 bits per heavy atom. The molecule has 7 nitrogen and oxygen atoms in total. The van der Waals surface area contributed by atoms with Gasteiger partial charge in [-0.2, -0.15) is 17.5 Å². The number of alkyl halides is 3. The standard InChI is InChI=1S/C22H29F3N2O5S/c1-32-20(29)21(11-4-2-3-5-12-21)26-19(28)16-9-13-27(14-10-16)33(30,31)18-8-6-7-17(15-18)22(23,24)25/h6-8,15-16H,2-5,9-14H2,1H3,(H,26,28). The molecule has 1 N–H and O–H groups in total. The zero-order chi connectivity index (χ0) is 24.3. The van der Waals surface area contributed by atoms with Crippen LogP contribution in [0.25, 0.3) is 0 Å². The highest BCUT2D eigenvalue weighted by atomic mass is 32.2. The number of rotatable bonds is 5. The number of carbonyl (C=O) groups is 2. The molecule has 0 aromatic heterocycles. The van der Waals surface area contributed by atoms with Crippen molar-refractivity contribution in [3.05, 3.63) is 29.8 Å². The lowest BCUT2D eigenvalue weighted by Gasteiger charge is -2.35. The monoisotopic (exact) mass is 490 g/mol. The van der Waals surface area contributed by atoms with Crippen LogP contribution in [0, 0.1) is 5.92 Å². The Labute approximate surface area is 191 Å². The highest BCUT2D eigenvalue weighted by molar-refractivity contribution is 7.89. The molecule has 0 radical (unpaired) electrons. The molecule has 0 spiro atoms. The molecule has 1 aromatic rings. The third-order valence-electron chi connectivity index (χ3n) is 6.52. The molecule has 1 heterocycles. The van der Waals surface area contributed by atoms with E-state index in [0.29, 0.717) is 18.9 Å². The van der Waals surface area contributed by atoms with Crippen LogP contribution in [0.3, 0.4) is 0 Å². The zero-order valence-corrected chi connectivity index (χ0v) is 19.3. The quantitative estimate of drug-likeness (QED) is 0.504. The van der Waals surface area contributed by atoms with Gasteiger partial charge in [0.25, 0.3) is 0 Å². The molecular formula is C22H29F3N2O5S. The van der Waals surface area contributed by atoms with Crippen LogP contribution in [-0.4, -0.2) is 50.3 Å². The number of carbonyl (C=O) groups excluding carboxylic acids is 2. The molecule has 184 valence electrons. The van der Waals surface area contributed by atoms with Gasteiger partial charge in [0.2, 0.25) is 15.9 Å². The van der Waals surface area contributed by atoms with E-state index in [-0.39, 0.29) is 31.8 Å². The van der Waals surface area contributed by atoms with E-state index in [4.69, 9.17) is 4.74 Å². The largest absolute Gasteiger partial charge is 0.467 e. The van der Waals surface area contributed by atoms with Gasteiger partial charge in [0.15, 0.2) is 0 Å². The summed E-state index contributed by atoms with van der Waals surface area (Å²) in [5, 5.41) is 2.90. The Morgan fingerprint density at radius 1 is 1.09 bits per heavy atom. The first-order valence-electron chi connectivity index (χ1n) is 11.1. The summed E-state index contributed by atoms with van der Waals surface area (Å²) in [7, 11) is -2.84. The predicted molar refractivity (Wildman–Crippen MR) is 114 cm³/mol. The number of ether oxygens (including phenoxy) is 1. The van der Waals surface area contributed by atoms with Crippen molar-refractivity contribution in [1.29, 1.82) is 0 Å². The minimum absolute atomic E-state index is 0.00187. The summed E-state index contributed by atoms with van der Waals surface area (Å²) in [4.78, 5) is 25.0. The van der Waals surface area contributed by atoms with E-state index in [1.54, 1.807) is 0 Å². The molecule has 11 heteroatoms. The first-order chi connectivity index (χ1) is 15.5. The van der Waals surface area contributed by atoms with Gasteiger partial charge in [0, 0.05) is 19.0 Å². The SMILES string of the molecule is COC(=O)C1(NC(=O)C2CCN(S(=O)(=O)c3cccc(C(F)(F)F)c3)CC2)CCCCCC1. The first-order valence-corrected chi connectivity index (χ1v) is 12.5. The number of hydrogen-bond acceptors (Lipinski definition) is 5. The van der Waals surface area contributed by atoms with E-state index < -0.39 is 44.1 Å². The van der Waals surface area contributed by atoms with E-state index in [9.17, 15) is 31.2 Å². The van der Waals surface area contributed by atoms with Crippen LogP contribution in [0.5, 0.6) is 0 Å². The molecule has 1 saturated carbocycles. The number of hydrogen-bond donors (Lipinski definition) is 1. The molecule has 1 aromatic carbocycles. The fourth-order valence-corrected chi connectivity index (χ4v) is 6.10. The van der Waals surface area contributed by atoms with Gasteiger partial charge in [-0.15, -0.1) is 0 Å². The van der Waals surface area contributed by atoms with E-state index in [1.807, 2.05) is 0 Å². The number of piperidine rings is 1. The van der Waals surface area contributed by atoms with Crippen molar-refractivity contribution in [2.45, 2.75) is 68.0 Å². The zero-order valence-electron chi connectivity index (χ0n) is 18.5. The van der Waals surface area contributed by atoms with Crippen LogP contribution in [0.1, 0.15) is 56.9 Å². The maximum absolute atomic E-state index is 13.0. The van der Waals surface area contributed by atoms with E-state index in [1.165, 1.54) is 7.11 Å². The Kier molecular flexibility index (Phi) is 7.73. The maximum atomic E-state index is 13.0. The molecule has 0 atom stereocenters. The number of nitrogens with zero attached hydrogens (tertiary/aromatic N) is 1. The molecule has 1 aliphatic heterocycles. The Bertz CT molecular complexity index is 964. The Morgan fingerprint density at radius 2 is 1.70 bits per heavy atom. The normalized spacial score (nSPS) is 20.6. The van der Waals surface area contributed by atoms with Crippen molar-refractivity contribution in [2.75, 3.05) is 20.2 Å². The van der Waals surface area contributed by atoms with Gasteiger partial charge in [0.1, 0.15) is 5.54 Å². The van der Waals surface area contributed by atoms with Crippen molar-refractivity contribution in [3.8, 4) is 0 Å². The molecule has 2 fully saturated rings. The van der Waals surface area contributed by atoms with Gasteiger partial charge in [-0.3, -0.25) is 4.79 Å². The minimum atomic E-state index is -4.65. The van der Waals surface area contributed by atoms with Crippen LogP contribution in [0.2, 0.25) is 0 Å². The lowest BCUT2D eigenvalue weighted by Crippen LogP contribution is -2.57. The van der Waals surface area contributed by atoms with Gasteiger partial charge in [-0.05, 0) is 43.9 Å². The summed E-state index contributed by atoms with van der Waals surface area (Å²) in [5.74, 6) is -1.29. The third-order valence-corrected chi connectivity index (χ3v) is 8.41. The number of benzene rings is 1. The number of amides is 1. The van der Waals surface area contributed by atoms with Crippen LogP contribution >= 0.6 is 0 Å². The average molecular weight is 491 g/mol. The van der Waals surface area contributed by atoms with Gasteiger partial charge < -0.3 is 10.1 Å². The number of methoxy groups -OCH3 is 1. The number of sulfonamides is 1. The van der Waals surface area contributed by atoms with Crippen molar-refractivity contribution in [2.24, 2.45) is 5.92 Å². The van der Waals surface area contributed by atoms with Gasteiger partial charge in [0.05, 0.1) is 17.6 Å². The summed E-state index contributed by atoms with van der Waals surface area (Å²) in [5.41, 5.74) is -2.10. The lowest BCUT2D eigenvalue weighted by atomic mass is 9.88. The molecule has 3 rings (SSSR count). The second-order valence-electron chi connectivity index (χ2n) is 8.68. The maximum Gasteiger partial charge on any atom is 0.416 e. The molecule has 1 saturated heterocycles. The summed E-state index contributed by atoms with van der Waals surface area (Å²) < 4.78 is 70.8. The molecule has 1 amide bonds. The highest BCUT2D eigenvalue weighted by Gasteiger charge is 2.43. The molecule has 33 heavy (non-hydrogen) atoms. The highest BCUT2D eigenvalue weighted by Crippen LogP contribution is 2.33. The third kappa shape index (κ3) is 5.68. The average Bonchev–Trinajstić information content (AvgIpc) is 3.04. The molecular weight excluding hydrogens is 461 g/mol. The van der Waals surface area contributed by atoms with Crippen molar-refractivity contribution in [3.63, 3.8) is 0 Å². The van der Waals surface area contributed by atoms with Crippen molar-refractivity contribution < 1.29 is 35.9 Å². The van der Waals surface area contributed by atoms with Crippen LogP contribution < -0.4 is 5.32 Å². The number of halogens is 3. The molecule has 2 aliphatic rings. The fraction of sp³-hybridized carbons (Fsp3) is 0.636. The predicted octanol–water partition coefficient (Wildman–Crippen LogP) is 3.49. The van der Waals surface area contributed by atoms with Gasteiger partial charge in [-0.25, -0.2) is 13.2 Å². The number of esters is 1. The van der Waals surface area contributed by atoms with E-state index in [0.717, 1.165) is 48.2 Å². The lowest BCUT2D eigenvalue weighted by molar-refractivity contribution is -0.152. The van der Waals surface area contributed by atoms with E-state index in [2.05, 4.69) is 5.32 Å². The van der Waals surface area contributed by atoms with Gasteiger partial charge in [-0.1, -0.05) is 31.7 Å². The number of nitrogens with one attached hydrogen (secondary N) is 1. The summed E-state index contributed by atoms with van der Waals surface area (Å²) in [6.07, 6.45) is 0.294. The summed E-state index contributed by atoms with van der Waals surface area (Å²) in [6.45, 7) is 0.00375. The van der Waals surface area contributed by atoms with Crippen molar-refractivity contribution in [1.82, 2.24) is 9.62 Å². The topological polar surface area (TPSA) is 92.8 Å². The van der Waals surface area contributed by atoms with Crippen LogP contribution in [-0.2, 0) is 30.5 Å².